The molecule has 2 nitrogen and oxygen atoms in total. The second-order valence-corrected chi connectivity index (χ2v) is 7.44. The molecule has 7 atom stereocenters. The number of hydrogen-bond donors (Lipinski definition) is 1. The highest BCUT2D eigenvalue weighted by Gasteiger charge is 2.80. The average molecular weight is 248 g/mol. The number of hydrogen-bond acceptors (Lipinski definition) is 2. The van der Waals surface area contributed by atoms with Gasteiger partial charge in [0.1, 0.15) is 11.7 Å². The van der Waals surface area contributed by atoms with Crippen LogP contribution in [0.3, 0.4) is 0 Å². The van der Waals surface area contributed by atoms with E-state index in [1.165, 1.54) is 25.7 Å². The van der Waals surface area contributed by atoms with Gasteiger partial charge in [0.2, 0.25) is 0 Å². The first-order valence-corrected chi connectivity index (χ1v) is 7.43. The maximum atomic E-state index is 11.5. The molecular weight excluding hydrogens is 224 g/mol. The zero-order valence-corrected chi connectivity index (χ0v) is 11.6. The van der Waals surface area contributed by atoms with Gasteiger partial charge in [-0.3, -0.25) is 0 Å². The van der Waals surface area contributed by atoms with E-state index in [1.807, 2.05) is 0 Å². The van der Waals surface area contributed by atoms with Crippen molar-refractivity contribution in [1.29, 1.82) is 0 Å². The minimum Gasteiger partial charge on any atom is -0.386 e. The second-order valence-electron chi connectivity index (χ2n) is 7.44. The molecule has 4 rings (SSSR count). The number of fused-ring (bicyclic) bond motifs is 2. The van der Waals surface area contributed by atoms with Gasteiger partial charge in [0, 0.05) is 18.4 Å². The standard InChI is InChI=1S/C16H24O2/c1-14-8-4-5-10-9-12(14)11-6-7-13(18-3)16(11,17)15(10,14)2/h6-7,10-13,17H,4-5,8-9H2,1-3H3. The normalized spacial score (nSPS) is 64.4. The van der Waals surface area contributed by atoms with Gasteiger partial charge in [0.15, 0.2) is 0 Å². The van der Waals surface area contributed by atoms with Gasteiger partial charge in [-0.05, 0) is 36.5 Å². The summed E-state index contributed by atoms with van der Waals surface area (Å²) in [6.45, 7) is 4.80. The van der Waals surface area contributed by atoms with E-state index >= 15 is 0 Å². The van der Waals surface area contributed by atoms with Gasteiger partial charge in [0.25, 0.3) is 0 Å². The Labute approximate surface area is 109 Å². The highest BCUT2D eigenvalue weighted by Crippen LogP contribution is 2.80. The third-order valence-corrected chi connectivity index (χ3v) is 7.56. The van der Waals surface area contributed by atoms with Crippen molar-refractivity contribution >= 4 is 0 Å². The number of rotatable bonds is 1. The van der Waals surface area contributed by atoms with Crippen LogP contribution >= 0.6 is 0 Å². The zero-order chi connectivity index (χ0) is 12.8. The lowest BCUT2D eigenvalue weighted by Gasteiger charge is -2.55. The summed E-state index contributed by atoms with van der Waals surface area (Å²) in [5.74, 6) is 1.68. The molecule has 0 aromatic rings. The summed E-state index contributed by atoms with van der Waals surface area (Å²) in [5.41, 5.74) is -0.293. The molecule has 0 saturated heterocycles. The summed E-state index contributed by atoms with van der Waals surface area (Å²) in [6.07, 6.45) is 9.52. The molecule has 0 aromatic heterocycles. The molecule has 0 aliphatic heterocycles. The minimum atomic E-state index is -0.648. The fourth-order valence-corrected chi connectivity index (χ4v) is 6.59. The summed E-state index contributed by atoms with van der Waals surface area (Å²) in [4.78, 5) is 0. The lowest BCUT2D eigenvalue weighted by Crippen LogP contribution is -2.60. The van der Waals surface area contributed by atoms with Crippen LogP contribution in [0.2, 0.25) is 0 Å². The number of methoxy groups -OCH3 is 1. The Morgan fingerprint density at radius 2 is 2.06 bits per heavy atom. The lowest BCUT2D eigenvalue weighted by molar-refractivity contribution is -0.192. The molecule has 4 bridgehead atoms. The van der Waals surface area contributed by atoms with Gasteiger partial charge in [-0.2, -0.15) is 0 Å². The van der Waals surface area contributed by atoms with E-state index in [0.29, 0.717) is 23.2 Å². The summed E-state index contributed by atoms with van der Waals surface area (Å²) >= 11 is 0. The van der Waals surface area contributed by atoms with Crippen LogP contribution in [0.15, 0.2) is 12.2 Å². The average Bonchev–Trinajstić information content (AvgIpc) is 2.76. The van der Waals surface area contributed by atoms with Gasteiger partial charge in [0.05, 0.1) is 0 Å². The molecule has 3 fully saturated rings. The molecule has 100 valence electrons. The molecule has 0 heterocycles. The number of aliphatic hydroxyl groups is 1. The molecule has 1 N–H and O–H groups in total. The summed E-state index contributed by atoms with van der Waals surface area (Å²) in [7, 11) is 1.74. The molecule has 7 unspecified atom stereocenters. The third kappa shape index (κ3) is 0.830. The van der Waals surface area contributed by atoms with Crippen LogP contribution in [0, 0.1) is 28.6 Å². The van der Waals surface area contributed by atoms with Crippen LogP contribution in [0.1, 0.15) is 39.5 Å². The van der Waals surface area contributed by atoms with E-state index in [4.69, 9.17) is 4.74 Å². The molecular formula is C16H24O2. The Bertz CT molecular complexity index is 431. The molecule has 0 radical (unpaired) electrons. The second kappa shape index (κ2) is 3.04. The topological polar surface area (TPSA) is 29.5 Å². The van der Waals surface area contributed by atoms with Crippen molar-refractivity contribution in [3.8, 4) is 0 Å². The first-order valence-electron chi connectivity index (χ1n) is 7.43. The summed E-state index contributed by atoms with van der Waals surface area (Å²) in [5, 5.41) is 11.5. The van der Waals surface area contributed by atoms with Crippen molar-refractivity contribution in [3.05, 3.63) is 12.2 Å². The smallest absolute Gasteiger partial charge is 0.107 e. The number of ether oxygens (including phenoxy) is 1. The van der Waals surface area contributed by atoms with Gasteiger partial charge < -0.3 is 9.84 Å². The maximum Gasteiger partial charge on any atom is 0.107 e. The van der Waals surface area contributed by atoms with Crippen LogP contribution in [0.25, 0.3) is 0 Å². The molecule has 4 aliphatic carbocycles. The Kier molecular flexibility index (Phi) is 1.94. The molecule has 2 heteroatoms. The van der Waals surface area contributed by atoms with Gasteiger partial charge in [-0.15, -0.1) is 0 Å². The van der Waals surface area contributed by atoms with Crippen molar-refractivity contribution in [2.75, 3.05) is 7.11 Å². The van der Waals surface area contributed by atoms with Crippen molar-refractivity contribution in [3.63, 3.8) is 0 Å². The van der Waals surface area contributed by atoms with Crippen LogP contribution in [0.5, 0.6) is 0 Å². The predicted molar refractivity (Wildman–Crippen MR) is 70.0 cm³/mol. The quantitative estimate of drug-likeness (QED) is 0.723. The van der Waals surface area contributed by atoms with Crippen LogP contribution in [0.4, 0.5) is 0 Å². The van der Waals surface area contributed by atoms with E-state index in [2.05, 4.69) is 26.0 Å². The first-order chi connectivity index (χ1) is 8.50. The van der Waals surface area contributed by atoms with Crippen molar-refractivity contribution in [1.82, 2.24) is 0 Å². The van der Waals surface area contributed by atoms with Gasteiger partial charge >= 0.3 is 0 Å². The molecule has 3 saturated carbocycles. The Morgan fingerprint density at radius 3 is 2.78 bits per heavy atom. The third-order valence-electron chi connectivity index (χ3n) is 7.56. The molecule has 18 heavy (non-hydrogen) atoms. The molecule has 0 spiro atoms. The van der Waals surface area contributed by atoms with Crippen molar-refractivity contribution < 1.29 is 9.84 Å². The summed E-state index contributed by atoms with van der Waals surface area (Å²) in [6, 6.07) is 0. The first kappa shape index (κ1) is 11.5. The van der Waals surface area contributed by atoms with Gasteiger partial charge in [-0.25, -0.2) is 0 Å². The Morgan fingerprint density at radius 1 is 1.28 bits per heavy atom. The Balaban J connectivity index is 1.92. The fourth-order valence-electron chi connectivity index (χ4n) is 6.59. The van der Waals surface area contributed by atoms with Crippen LogP contribution in [-0.2, 0) is 4.74 Å². The van der Waals surface area contributed by atoms with E-state index < -0.39 is 5.60 Å². The van der Waals surface area contributed by atoms with Crippen LogP contribution < -0.4 is 0 Å². The maximum absolute atomic E-state index is 11.5. The SMILES string of the molecule is COC1C=CC2C3CC4CCCC3(C)C4(C)C12O. The highest BCUT2D eigenvalue weighted by atomic mass is 16.5. The summed E-state index contributed by atoms with van der Waals surface area (Å²) < 4.78 is 5.62. The van der Waals surface area contributed by atoms with E-state index in [9.17, 15) is 5.11 Å². The van der Waals surface area contributed by atoms with E-state index in [-0.39, 0.29) is 11.5 Å². The highest BCUT2D eigenvalue weighted by molar-refractivity contribution is 5.36. The molecule has 0 aromatic carbocycles. The zero-order valence-electron chi connectivity index (χ0n) is 11.6. The van der Waals surface area contributed by atoms with E-state index in [1.54, 1.807) is 7.11 Å². The van der Waals surface area contributed by atoms with Gasteiger partial charge in [-0.1, -0.05) is 32.4 Å². The predicted octanol–water partition coefficient (Wildman–Crippen LogP) is 2.76. The monoisotopic (exact) mass is 248 g/mol. The Hall–Kier alpha value is -0.340. The van der Waals surface area contributed by atoms with E-state index in [0.717, 1.165) is 0 Å². The van der Waals surface area contributed by atoms with Crippen molar-refractivity contribution in [2.24, 2.45) is 28.6 Å². The van der Waals surface area contributed by atoms with Crippen LogP contribution in [-0.4, -0.2) is 23.9 Å². The molecule has 0 amide bonds. The fraction of sp³-hybridized carbons (Fsp3) is 0.875. The largest absolute Gasteiger partial charge is 0.386 e. The molecule has 4 aliphatic rings. The van der Waals surface area contributed by atoms with Crippen molar-refractivity contribution in [2.45, 2.75) is 51.2 Å². The minimum absolute atomic E-state index is 0.0394. The lowest BCUT2D eigenvalue weighted by atomic mass is 9.53.